The smallest absolute Gasteiger partial charge is 0.0905 e. The van der Waals surface area contributed by atoms with Crippen LogP contribution >= 0.6 is 12.2 Å². The van der Waals surface area contributed by atoms with E-state index < -0.39 is 0 Å². The second-order valence-corrected chi connectivity index (χ2v) is 4.34. The van der Waals surface area contributed by atoms with Gasteiger partial charge in [-0.25, -0.2) is 0 Å². The number of thiocarbonyl (C=S) groups is 1. The van der Waals surface area contributed by atoms with Crippen LogP contribution in [0.25, 0.3) is 0 Å². The quantitative estimate of drug-likeness (QED) is 0.632. The molecule has 1 N–H and O–H groups in total. The molecule has 0 atom stereocenters. The second-order valence-electron chi connectivity index (χ2n) is 3.94. The minimum absolute atomic E-state index is 0. The Morgan fingerprint density at radius 1 is 1.31 bits per heavy atom. The van der Waals surface area contributed by atoms with E-state index in [1.54, 1.807) is 0 Å². The topological polar surface area (TPSA) is 12.0 Å². The molecule has 3 rings (SSSR count). The lowest BCUT2D eigenvalue weighted by Gasteiger charge is -2.38. The van der Waals surface area contributed by atoms with Crippen LogP contribution in [-0.2, 0) is 5.41 Å². The van der Waals surface area contributed by atoms with Gasteiger partial charge in [-0.1, -0.05) is 36.8 Å². The number of benzene rings is 1. The van der Waals surface area contributed by atoms with Gasteiger partial charge in [-0.3, -0.25) is 0 Å². The molecule has 1 aromatic rings. The predicted molar refractivity (Wildman–Crippen MR) is 60.3 cm³/mol. The molecule has 1 aromatic carbocycles. The molecule has 0 bridgehead atoms. The molecule has 1 saturated carbocycles. The van der Waals surface area contributed by atoms with Gasteiger partial charge in [0, 0.05) is 12.5 Å². The number of anilines is 1. The maximum absolute atomic E-state index is 5.40. The van der Waals surface area contributed by atoms with Crippen molar-refractivity contribution >= 4 is 22.9 Å². The molecule has 0 aromatic heterocycles. The van der Waals surface area contributed by atoms with Crippen molar-refractivity contribution < 1.29 is 1.43 Å². The number of nitrogens with one attached hydrogen (secondary N) is 1. The fraction of sp³-hybridized carbons (Fsp3) is 0.364. The van der Waals surface area contributed by atoms with Crippen molar-refractivity contribution in [1.82, 2.24) is 0 Å². The first-order valence-corrected chi connectivity index (χ1v) is 5.15. The zero-order valence-electron chi connectivity index (χ0n) is 7.34. The molecule has 1 aliphatic carbocycles. The zero-order chi connectivity index (χ0) is 8.89. The zero-order valence-corrected chi connectivity index (χ0v) is 8.16. The summed E-state index contributed by atoms with van der Waals surface area (Å²) in [5.41, 5.74) is 2.88. The van der Waals surface area contributed by atoms with Gasteiger partial charge < -0.3 is 5.32 Å². The maximum atomic E-state index is 5.40. The molecule has 1 fully saturated rings. The highest BCUT2D eigenvalue weighted by atomic mass is 32.1. The van der Waals surface area contributed by atoms with Crippen LogP contribution in [0.1, 0.15) is 26.3 Å². The van der Waals surface area contributed by atoms with E-state index in [9.17, 15) is 0 Å². The van der Waals surface area contributed by atoms with Gasteiger partial charge in [-0.15, -0.1) is 0 Å². The van der Waals surface area contributed by atoms with E-state index in [0.717, 1.165) is 4.99 Å². The maximum Gasteiger partial charge on any atom is 0.0905 e. The Balaban J connectivity index is 0.000000750. The Bertz CT molecular complexity index is 385. The Morgan fingerprint density at radius 2 is 2.08 bits per heavy atom. The van der Waals surface area contributed by atoms with Gasteiger partial charge in [0.1, 0.15) is 0 Å². The van der Waals surface area contributed by atoms with Crippen molar-refractivity contribution in [1.29, 1.82) is 0 Å². The third-order valence-electron chi connectivity index (χ3n) is 3.33. The molecule has 0 unspecified atom stereocenters. The van der Waals surface area contributed by atoms with Crippen molar-refractivity contribution in [2.45, 2.75) is 24.7 Å². The summed E-state index contributed by atoms with van der Waals surface area (Å²) in [5.74, 6) is 0. The Labute approximate surface area is 84.6 Å². The van der Waals surface area contributed by atoms with Crippen molar-refractivity contribution in [3.8, 4) is 0 Å². The van der Waals surface area contributed by atoms with E-state index in [1.807, 2.05) is 0 Å². The van der Waals surface area contributed by atoms with Gasteiger partial charge in [0.05, 0.1) is 4.99 Å². The summed E-state index contributed by atoms with van der Waals surface area (Å²) < 4.78 is 0. The van der Waals surface area contributed by atoms with Crippen molar-refractivity contribution in [3.63, 3.8) is 0 Å². The molecule has 1 spiro atoms. The van der Waals surface area contributed by atoms with Crippen LogP contribution in [0, 0.1) is 0 Å². The average Bonchev–Trinajstić information content (AvgIpc) is 2.35. The first-order chi connectivity index (χ1) is 6.33. The highest BCUT2D eigenvalue weighted by Gasteiger charge is 2.47. The van der Waals surface area contributed by atoms with Crippen LogP contribution in [-0.4, -0.2) is 4.99 Å². The molecule has 1 heterocycles. The van der Waals surface area contributed by atoms with E-state index in [1.165, 1.54) is 30.5 Å². The third-order valence-corrected chi connectivity index (χ3v) is 3.83. The molecule has 0 saturated heterocycles. The van der Waals surface area contributed by atoms with Crippen LogP contribution in [0.2, 0.25) is 0 Å². The fourth-order valence-corrected chi connectivity index (χ4v) is 2.82. The van der Waals surface area contributed by atoms with Gasteiger partial charge in [0.2, 0.25) is 0 Å². The number of para-hydroxylation sites is 1. The summed E-state index contributed by atoms with van der Waals surface area (Å²) in [6.07, 6.45) is 3.78. The van der Waals surface area contributed by atoms with Gasteiger partial charge in [0.25, 0.3) is 0 Å². The molecule has 68 valence electrons. The number of fused-ring (bicyclic) bond motifs is 2. The molecule has 2 aliphatic rings. The molecule has 0 amide bonds. The lowest BCUT2D eigenvalue weighted by atomic mass is 9.66. The standard InChI is InChI=1S/C11H11NS.H2/c13-10-11(6-3-7-11)8-4-1-2-5-9(8)12-10;/h1-2,4-5H,3,6-7H2,(H,12,13);1H. The van der Waals surface area contributed by atoms with Crippen molar-refractivity contribution in [2.24, 2.45) is 0 Å². The SMILES string of the molecule is S=C1Nc2ccccc2C12CCC2.[HH]. The molecule has 0 radical (unpaired) electrons. The van der Waals surface area contributed by atoms with Gasteiger partial charge in [0.15, 0.2) is 0 Å². The normalized spacial score (nSPS) is 22.3. The number of hydrogen-bond acceptors (Lipinski definition) is 1. The summed E-state index contributed by atoms with van der Waals surface area (Å²) in [7, 11) is 0. The van der Waals surface area contributed by atoms with Crippen LogP contribution in [0.4, 0.5) is 5.69 Å². The summed E-state index contributed by atoms with van der Waals surface area (Å²) in [5, 5.41) is 3.32. The molecule has 13 heavy (non-hydrogen) atoms. The van der Waals surface area contributed by atoms with Crippen LogP contribution in [0.15, 0.2) is 24.3 Å². The van der Waals surface area contributed by atoms with E-state index in [4.69, 9.17) is 12.2 Å². The van der Waals surface area contributed by atoms with Gasteiger partial charge in [-0.2, -0.15) is 0 Å². The van der Waals surface area contributed by atoms with E-state index >= 15 is 0 Å². The van der Waals surface area contributed by atoms with Crippen molar-refractivity contribution in [2.75, 3.05) is 5.32 Å². The van der Waals surface area contributed by atoms with E-state index in [0.29, 0.717) is 0 Å². The predicted octanol–water partition coefficient (Wildman–Crippen LogP) is 3.11. The lowest BCUT2D eigenvalue weighted by molar-refractivity contribution is 0.351. The molecular weight excluding hydrogens is 178 g/mol. The first-order valence-electron chi connectivity index (χ1n) is 4.74. The molecule has 1 nitrogen and oxygen atoms in total. The Morgan fingerprint density at radius 3 is 2.77 bits per heavy atom. The Hall–Kier alpha value is -0.890. The molecular formula is C11H13NS. The summed E-state index contributed by atoms with van der Waals surface area (Å²) in [6, 6.07) is 8.50. The minimum Gasteiger partial charge on any atom is -0.349 e. The largest absolute Gasteiger partial charge is 0.349 e. The van der Waals surface area contributed by atoms with Gasteiger partial charge >= 0.3 is 0 Å². The van der Waals surface area contributed by atoms with Crippen LogP contribution < -0.4 is 5.32 Å². The Kier molecular flexibility index (Phi) is 1.34. The van der Waals surface area contributed by atoms with Crippen LogP contribution in [0.3, 0.4) is 0 Å². The summed E-state index contributed by atoms with van der Waals surface area (Å²) >= 11 is 5.40. The summed E-state index contributed by atoms with van der Waals surface area (Å²) in [6.45, 7) is 0. The van der Waals surface area contributed by atoms with Gasteiger partial charge in [-0.05, 0) is 24.5 Å². The third kappa shape index (κ3) is 0.792. The average molecular weight is 191 g/mol. The minimum atomic E-state index is 0. The summed E-state index contributed by atoms with van der Waals surface area (Å²) in [4.78, 5) is 1.04. The highest BCUT2D eigenvalue weighted by Crippen LogP contribution is 2.51. The van der Waals surface area contributed by atoms with E-state index in [2.05, 4.69) is 29.6 Å². The lowest BCUT2D eigenvalue weighted by Crippen LogP contribution is -2.39. The number of hydrogen-bond donors (Lipinski definition) is 1. The highest BCUT2D eigenvalue weighted by molar-refractivity contribution is 7.80. The first kappa shape index (κ1) is 7.51. The van der Waals surface area contributed by atoms with Crippen LogP contribution in [0.5, 0.6) is 0 Å². The fourth-order valence-electron chi connectivity index (χ4n) is 2.40. The van der Waals surface area contributed by atoms with E-state index in [-0.39, 0.29) is 6.84 Å². The second kappa shape index (κ2) is 2.32. The number of rotatable bonds is 0. The monoisotopic (exact) mass is 191 g/mol. The molecule has 2 heteroatoms. The molecule has 1 aliphatic heterocycles. The van der Waals surface area contributed by atoms with Crippen molar-refractivity contribution in [3.05, 3.63) is 29.8 Å².